The van der Waals surface area contributed by atoms with E-state index in [1.807, 2.05) is 37.3 Å². The number of phenols is 1. The molecule has 0 unspecified atom stereocenters. The van der Waals surface area contributed by atoms with Gasteiger partial charge in [0.2, 0.25) is 5.91 Å². The van der Waals surface area contributed by atoms with Crippen molar-refractivity contribution in [2.24, 2.45) is 0 Å². The molecule has 3 aromatic rings. The summed E-state index contributed by atoms with van der Waals surface area (Å²) >= 11 is 1.58. The van der Waals surface area contributed by atoms with Crippen molar-refractivity contribution in [2.45, 2.75) is 19.9 Å². The van der Waals surface area contributed by atoms with Gasteiger partial charge in [-0.05, 0) is 31.2 Å². The first-order chi connectivity index (χ1) is 13.7. The Labute approximate surface area is 167 Å². The van der Waals surface area contributed by atoms with Crippen molar-refractivity contribution in [1.29, 1.82) is 0 Å². The first-order valence-corrected chi connectivity index (χ1v) is 10.2. The van der Waals surface area contributed by atoms with Crippen LogP contribution in [0.5, 0.6) is 11.5 Å². The van der Waals surface area contributed by atoms with E-state index in [-0.39, 0.29) is 11.7 Å². The zero-order chi connectivity index (χ0) is 19.5. The number of aromatic hydroxyl groups is 1. The molecule has 7 heteroatoms. The van der Waals surface area contributed by atoms with Gasteiger partial charge in [-0.3, -0.25) is 4.79 Å². The number of hydrogen-bond acceptors (Lipinski definition) is 6. The molecule has 2 aromatic carbocycles. The third-order valence-electron chi connectivity index (χ3n) is 4.67. The van der Waals surface area contributed by atoms with Crippen LogP contribution in [0.2, 0.25) is 0 Å². The highest BCUT2D eigenvalue weighted by Crippen LogP contribution is 2.39. The number of amides is 1. The number of carbonyl (C=O) groups excluding carboxylic acids is 1. The molecule has 4 rings (SSSR count). The number of para-hydroxylation sites is 1. The van der Waals surface area contributed by atoms with Crippen LogP contribution >= 0.6 is 11.3 Å². The molecule has 1 amide bonds. The van der Waals surface area contributed by atoms with E-state index in [1.165, 1.54) is 0 Å². The second kappa shape index (κ2) is 8.16. The third-order valence-corrected chi connectivity index (χ3v) is 5.76. The first kappa shape index (κ1) is 18.7. The number of phenolic OH excluding ortho intramolecular Hbond substituents is 1. The normalized spacial score (nSPS) is 13.8. The number of nitrogens with zero attached hydrogens (tertiary/aromatic N) is 2. The van der Waals surface area contributed by atoms with Crippen molar-refractivity contribution in [3.05, 3.63) is 42.0 Å². The Hall–Kier alpha value is -2.64. The van der Waals surface area contributed by atoms with E-state index in [4.69, 9.17) is 9.47 Å². The van der Waals surface area contributed by atoms with E-state index in [0.717, 1.165) is 26.4 Å². The number of ether oxygens (including phenoxy) is 2. The average Bonchev–Trinajstić information content (AvgIpc) is 3.01. The van der Waals surface area contributed by atoms with E-state index in [0.29, 0.717) is 45.1 Å². The Balaban J connectivity index is 1.63. The van der Waals surface area contributed by atoms with Crippen LogP contribution in [0, 0.1) is 0 Å². The molecule has 146 valence electrons. The molecule has 0 bridgehead atoms. The predicted octanol–water partition coefficient (Wildman–Crippen LogP) is 3.82. The van der Waals surface area contributed by atoms with Crippen LogP contribution in [0.1, 0.15) is 18.9 Å². The van der Waals surface area contributed by atoms with Gasteiger partial charge in [-0.2, -0.15) is 0 Å². The van der Waals surface area contributed by atoms with Gasteiger partial charge in [0.1, 0.15) is 11.6 Å². The summed E-state index contributed by atoms with van der Waals surface area (Å²) in [6, 6.07) is 11.6. The molecular weight excluding hydrogens is 376 g/mol. The Morgan fingerprint density at radius 3 is 3.04 bits per heavy atom. The van der Waals surface area contributed by atoms with Crippen LogP contribution in [0.3, 0.4) is 0 Å². The van der Waals surface area contributed by atoms with Gasteiger partial charge in [-0.25, -0.2) is 4.98 Å². The number of carbonyl (C=O) groups is 1. The minimum absolute atomic E-state index is 0.0229. The van der Waals surface area contributed by atoms with E-state index in [9.17, 15) is 9.90 Å². The fraction of sp³-hybridized carbons (Fsp3) is 0.333. The van der Waals surface area contributed by atoms with Gasteiger partial charge in [0.25, 0.3) is 0 Å². The van der Waals surface area contributed by atoms with Crippen molar-refractivity contribution in [3.63, 3.8) is 0 Å². The maximum Gasteiger partial charge on any atom is 0.225 e. The van der Waals surface area contributed by atoms with Gasteiger partial charge in [-0.1, -0.05) is 12.1 Å². The lowest BCUT2D eigenvalue weighted by Crippen LogP contribution is -2.33. The lowest BCUT2D eigenvalue weighted by molar-refractivity contribution is -0.133. The zero-order valence-corrected chi connectivity index (χ0v) is 16.5. The molecule has 1 N–H and O–H groups in total. The molecule has 28 heavy (non-hydrogen) atoms. The van der Waals surface area contributed by atoms with Crippen LogP contribution in [0.15, 0.2) is 36.4 Å². The fourth-order valence-corrected chi connectivity index (χ4v) is 4.25. The molecular formula is C21H22N2O4S. The second-order valence-electron chi connectivity index (χ2n) is 6.58. The SMILES string of the molecule is CCOCCC(=O)N1CCOc2c(O)cc(-c3nc4ccccc4s3)cc2C1. The topological polar surface area (TPSA) is 71.9 Å². The van der Waals surface area contributed by atoms with E-state index < -0.39 is 0 Å². The Kier molecular flexibility index (Phi) is 5.45. The molecule has 1 aliphatic heterocycles. The summed E-state index contributed by atoms with van der Waals surface area (Å²) in [6.07, 6.45) is 0.340. The first-order valence-electron chi connectivity index (χ1n) is 9.36. The molecule has 6 nitrogen and oxygen atoms in total. The maximum absolute atomic E-state index is 12.5. The molecule has 0 fully saturated rings. The summed E-state index contributed by atoms with van der Waals surface area (Å²) in [5, 5.41) is 11.4. The largest absolute Gasteiger partial charge is 0.504 e. The molecule has 0 atom stereocenters. The Morgan fingerprint density at radius 2 is 2.21 bits per heavy atom. The monoisotopic (exact) mass is 398 g/mol. The smallest absolute Gasteiger partial charge is 0.225 e. The summed E-state index contributed by atoms with van der Waals surface area (Å²) in [6.45, 7) is 4.14. The van der Waals surface area contributed by atoms with Crippen molar-refractivity contribution in [2.75, 3.05) is 26.4 Å². The van der Waals surface area contributed by atoms with E-state index in [1.54, 1.807) is 22.3 Å². The Morgan fingerprint density at radius 1 is 1.36 bits per heavy atom. The van der Waals surface area contributed by atoms with Crippen LogP contribution < -0.4 is 4.74 Å². The number of benzene rings is 2. The number of thiazole rings is 1. The van der Waals surface area contributed by atoms with Crippen LogP contribution in [0.4, 0.5) is 0 Å². The van der Waals surface area contributed by atoms with Gasteiger partial charge in [-0.15, -0.1) is 11.3 Å². The standard InChI is InChI=1S/C21H22N2O4S/c1-2-26-9-7-19(25)23-8-10-27-20-15(13-23)11-14(12-17(20)24)21-22-16-5-3-4-6-18(16)28-21/h3-6,11-12,24H,2,7-10,13H2,1H3. The van der Waals surface area contributed by atoms with Crippen molar-refractivity contribution < 1.29 is 19.4 Å². The third kappa shape index (κ3) is 3.81. The summed E-state index contributed by atoms with van der Waals surface area (Å²) in [5.74, 6) is 0.551. The van der Waals surface area contributed by atoms with Gasteiger partial charge in [0.05, 0.1) is 29.8 Å². The van der Waals surface area contributed by atoms with E-state index in [2.05, 4.69) is 4.98 Å². The molecule has 2 heterocycles. The van der Waals surface area contributed by atoms with Crippen LogP contribution in [0.25, 0.3) is 20.8 Å². The highest BCUT2D eigenvalue weighted by molar-refractivity contribution is 7.21. The molecule has 1 aliphatic rings. The van der Waals surface area contributed by atoms with Crippen molar-refractivity contribution in [1.82, 2.24) is 9.88 Å². The minimum Gasteiger partial charge on any atom is -0.504 e. The van der Waals surface area contributed by atoms with Crippen LogP contribution in [-0.2, 0) is 16.1 Å². The fourth-order valence-electron chi connectivity index (χ4n) is 3.29. The lowest BCUT2D eigenvalue weighted by atomic mass is 10.1. The highest BCUT2D eigenvalue weighted by atomic mass is 32.1. The zero-order valence-electron chi connectivity index (χ0n) is 15.7. The lowest BCUT2D eigenvalue weighted by Gasteiger charge is -2.20. The minimum atomic E-state index is 0.0229. The van der Waals surface area contributed by atoms with Gasteiger partial charge >= 0.3 is 0 Å². The van der Waals surface area contributed by atoms with Gasteiger partial charge in [0, 0.05) is 24.3 Å². The molecule has 0 spiro atoms. The van der Waals surface area contributed by atoms with Gasteiger partial charge < -0.3 is 19.5 Å². The summed E-state index contributed by atoms with van der Waals surface area (Å²) in [7, 11) is 0. The number of hydrogen-bond donors (Lipinski definition) is 1. The molecule has 0 aliphatic carbocycles. The predicted molar refractivity (Wildman–Crippen MR) is 109 cm³/mol. The maximum atomic E-state index is 12.5. The number of fused-ring (bicyclic) bond motifs is 2. The highest BCUT2D eigenvalue weighted by Gasteiger charge is 2.23. The molecule has 0 radical (unpaired) electrons. The molecule has 1 aromatic heterocycles. The van der Waals surface area contributed by atoms with Crippen molar-refractivity contribution in [3.8, 4) is 22.1 Å². The van der Waals surface area contributed by atoms with Crippen LogP contribution in [-0.4, -0.2) is 47.3 Å². The second-order valence-corrected chi connectivity index (χ2v) is 7.61. The Bertz CT molecular complexity index is 968. The number of aromatic nitrogens is 1. The average molecular weight is 398 g/mol. The summed E-state index contributed by atoms with van der Waals surface area (Å²) < 4.78 is 12.1. The van der Waals surface area contributed by atoms with Gasteiger partial charge in [0.15, 0.2) is 11.5 Å². The number of rotatable bonds is 5. The summed E-state index contributed by atoms with van der Waals surface area (Å²) in [5.41, 5.74) is 2.54. The molecule has 0 saturated heterocycles. The summed E-state index contributed by atoms with van der Waals surface area (Å²) in [4.78, 5) is 18.9. The van der Waals surface area contributed by atoms with E-state index >= 15 is 0 Å². The molecule has 0 saturated carbocycles. The quantitative estimate of drug-likeness (QED) is 0.662. The van der Waals surface area contributed by atoms with Crippen molar-refractivity contribution >= 4 is 27.5 Å².